The number of ketones is 1. The summed E-state index contributed by atoms with van der Waals surface area (Å²) in [7, 11) is 0. The summed E-state index contributed by atoms with van der Waals surface area (Å²) in [5.41, 5.74) is 0.155. The first kappa shape index (κ1) is 12.2. The monoisotopic (exact) mass is 235 g/mol. The van der Waals surface area contributed by atoms with Crippen molar-refractivity contribution in [1.82, 2.24) is 5.32 Å². The first-order valence-electron chi connectivity index (χ1n) is 6.19. The number of benzene rings is 1. The van der Waals surface area contributed by atoms with Gasteiger partial charge in [-0.1, -0.05) is 19.1 Å². The van der Waals surface area contributed by atoms with Gasteiger partial charge in [0.1, 0.15) is 5.82 Å². The molecule has 92 valence electrons. The van der Waals surface area contributed by atoms with E-state index in [0.717, 1.165) is 25.8 Å². The summed E-state index contributed by atoms with van der Waals surface area (Å²) in [6, 6.07) is 6.02. The van der Waals surface area contributed by atoms with Gasteiger partial charge in [-0.15, -0.1) is 0 Å². The first-order valence-corrected chi connectivity index (χ1v) is 6.19. The molecule has 0 aromatic heterocycles. The second-order valence-corrected chi connectivity index (χ2v) is 4.75. The van der Waals surface area contributed by atoms with Crippen LogP contribution in [0.5, 0.6) is 0 Å². The number of carbonyl (C=O) groups excluding carboxylic acids is 1. The van der Waals surface area contributed by atoms with Gasteiger partial charge in [-0.3, -0.25) is 4.79 Å². The van der Waals surface area contributed by atoms with Crippen molar-refractivity contribution < 1.29 is 9.18 Å². The predicted octanol–water partition coefficient (Wildman–Crippen LogP) is 2.79. The highest BCUT2D eigenvalue weighted by Gasteiger charge is 2.38. The average Bonchev–Trinajstić information content (AvgIpc) is 2.38. The van der Waals surface area contributed by atoms with Crippen LogP contribution in [0.3, 0.4) is 0 Å². The smallest absolute Gasteiger partial charge is 0.170 e. The van der Waals surface area contributed by atoms with Gasteiger partial charge in [0, 0.05) is 17.5 Å². The van der Waals surface area contributed by atoms with Crippen molar-refractivity contribution in [2.24, 2.45) is 5.41 Å². The van der Waals surface area contributed by atoms with Crippen LogP contribution < -0.4 is 5.32 Å². The Labute approximate surface area is 101 Å². The van der Waals surface area contributed by atoms with Gasteiger partial charge in [-0.2, -0.15) is 0 Å². The molecule has 0 bridgehead atoms. The summed E-state index contributed by atoms with van der Waals surface area (Å²) < 4.78 is 13.2. The maximum Gasteiger partial charge on any atom is 0.170 e. The molecule has 0 spiro atoms. The summed E-state index contributed by atoms with van der Waals surface area (Å²) >= 11 is 0. The Morgan fingerprint density at radius 1 is 1.53 bits per heavy atom. The highest BCUT2D eigenvalue weighted by Crippen LogP contribution is 2.33. The van der Waals surface area contributed by atoms with Crippen molar-refractivity contribution in [2.45, 2.75) is 26.2 Å². The zero-order chi connectivity index (χ0) is 12.3. The second-order valence-electron chi connectivity index (χ2n) is 4.75. The van der Waals surface area contributed by atoms with Gasteiger partial charge in [0.05, 0.1) is 0 Å². The van der Waals surface area contributed by atoms with Gasteiger partial charge in [0.25, 0.3) is 0 Å². The fraction of sp³-hybridized carbons (Fsp3) is 0.500. The Hall–Kier alpha value is -1.22. The van der Waals surface area contributed by atoms with E-state index in [1.807, 2.05) is 6.92 Å². The fourth-order valence-electron chi connectivity index (χ4n) is 2.56. The fourth-order valence-corrected chi connectivity index (χ4v) is 2.56. The number of hydrogen-bond acceptors (Lipinski definition) is 2. The number of hydrogen-bond donors (Lipinski definition) is 1. The van der Waals surface area contributed by atoms with E-state index in [2.05, 4.69) is 5.32 Å². The quantitative estimate of drug-likeness (QED) is 0.816. The lowest BCUT2D eigenvalue weighted by molar-refractivity contribution is 0.0730. The highest BCUT2D eigenvalue weighted by atomic mass is 19.1. The van der Waals surface area contributed by atoms with Crippen LogP contribution in [0, 0.1) is 11.2 Å². The minimum absolute atomic E-state index is 0.0756. The third-order valence-corrected chi connectivity index (χ3v) is 3.72. The predicted molar refractivity (Wildman–Crippen MR) is 65.6 cm³/mol. The zero-order valence-electron chi connectivity index (χ0n) is 10.1. The molecule has 0 aliphatic carbocycles. The molecule has 3 heteroatoms. The summed E-state index contributed by atoms with van der Waals surface area (Å²) in [5, 5.41) is 3.28. The molecular weight excluding hydrogens is 217 g/mol. The molecule has 0 radical (unpaired) electrons. The third kappa shape index (κ3) is 2.39. The maximum absolute atomic E-state index is 13.2. The van der Waals surface area contributed by atoms with Crippen molar-refractivity contribution in [3.63, 3.8) is 0 Å². The van der Waals surface area contributed by atoms with Crippen molar-refractivity contribution in [1.29, 1.82) is 0 Å². The third-order valence-electron chi connectivity index (χ3n) is 3.72. The molecule has 1 aliphatic rings. The number of carbonyl (C=O) groups is 1. The van der Waals surface area contributed by atoms with E-state index in [1.165, 1.54) is 12.1 Å². The Morgan fingerprint density at radius 2 is 2.35 bits per heavy atom. The largest absolute Gasteiger partial charge is 0.316 e. The highest BCUT2D eigenvalue weighted by molar-refractivity contribution is 6.00. The van der Waals surface area contributed by atoms with E-state index in [0.29, 0.717) is 12.1 Å². The molecule has 0 amide bonds. The summed E-state index contributed by atoms with van der Waals surface area (Å²) in [4.78, 5) is 12.5. The Bertz CT molecular complexity index is 410. The molecule has 2 nitrogen and oxygen atoms in total. The van der Waals surface area contributed by atoms with Crippen molar-refractivity contribution in [3.8, 4) is 0 Å². The van der Waals surface area contributed by atoms with Crippen LogP contribution in [0.15, 0.2) is 24.3 Å². The van der Waals surface area contributed by atoms with Crippen LogP contribution in [-0.4, -0.2) is 18.9 Å². The minimum atomic E-state index is -0.342. The molecule has 2 rings (SSSR count). The summed E-state index contributed by atoms with van der Waals surface area (Å²) in [6.45, 7) is 3.71. The number of halogens is 1. The lowest BCUT2D eigenvalue weighted by Crippen LogP contribution is -2.45. The van der Waals surface area contributed by atoms with Crippen LogP contribution in [0.25, 0.3) is 0 Å². The molecule has 1 unspecified atom stereocenters. The topological polar surface area (TPSA) is 29.1 Å². The molecule has 1 N–H and O–H groups in total. The normalized spacial score (nSPS) is 24.6. The molecule has 17 heavy (non-hydrogen) atoms. The second kappa shape index (κ2) is 4.96. The van der Waals surface area contributed by atoms with E-state index in [4.69, 9.17) is 0 Å². The van der Waals surface area contributed by atoms with E-state index in [1.54, 1.807) is 12.1 Å². The lowest BCUT2D eigenvalue weighted by atomic mass is 9.73. The van der Waals surface area contributed by atoms with Crippen LogP contribution in [0.2, 0.25) is 0 Å². The Balaban J connectivity index is 2.28. The molecular formula is C14H18FNO. The van der Waals surface area contributed by atoms with Gasteiger partial charge in [-0.25, -0.2) is 4.39 Å². The van der Waals surface area contributed by atoms with E-state index in [9.17, 15) is 9.18 Å². The number of rotatable bonds is 3. The number of piperidine rings is 1. The summed E-state index contributed by atoms with van der Waals surface area (Å²) in [5.74, 6) is -0.266. The van der Waals surface area contributed by atoms with Crippen LogP contribution in [0.4, 0.5) is 4.39 Å². The van der Waals surface area contributed by atoms with Gasteiger partial charge >= 0.3 is 0 Å². The molecule has 1 aromatic rings. The molecule has 1 aromatic carbocycles. The van der Waals surface area contributed by atoms with Crippen LogP contribution in [-0.2, 0) is 0 Å². The molecule has 1 fully saturated rings. The maximum atomic E-state index is 13.2. The summed E-state index contributed by atoms with van der Waals surface area (Å²) in [6.07, 6.45) is 2.70. The van der Waals surface area contributed by atoms with E-state index in [-0.39, 0.29) is 17.0 Å². The molecule has 1 saturated heterocycles. The van der Waals surface area contributed by atoms with Crippen molar-refractivity contribution in [2.75, 3.05) is 13.1 Å². The van der Waals surface area contributed by atoms with Crippen LogP contribution >= 0.6 is 0 Å². The standard InChI is InChI=1S/C14H18FNO/c1-2-14(7-4-8-16-10-14)13(17)11-5-3-6-12(15)9-11/h3,5-6,9,16H,2,4,7-8,10H2,1H3. The van der Waals surface area contributed by atoms with Gasteiger partial charge in [0.2, 0.25) is 0 Å². The number of nitrogens with one attached hydrogen (secondary N) is 1. The Kier molecular flexibility index (Phi) is 3.57. The SMILES string of the molecule is CCC1(C(=O)c2cccc(F)c2)CCCNC1. The average molecular weight is 235 g/mol. The number of Topliss-reactive ketones (excluding diaryl/α,β-unsaturated/α-hetero) is 1. The van der Waals surface area contributed by atoms with Gasteiger partial charge in [0.15, 0.2) is 5.78 Å². The molecule has 0 saturated carbocycles. The molecule has 1 aliphatic heterocycles. The Morgan fingerprint density at radius 3 is 2.94 bits per heavy atom. The van der Waals surface area contributed by atoms with Gasteiger partial charge in [-0.05, 0) is 37.9 Å². The van der Waals surface area contributed by atoms with E-state index < -0.39 is 0 Å². The van der Waals surface area contributed by atoms with Crippen LogP contribution in [0.1, 0.15) is 36.5 Å². The zero-order valence-corrected chi connectivity index (χ0v) is 10.1. The van der Waals surface area contributed by atoms with E-state index >= 15 is 0 Å². The van der Waals surface area contributed by atoms with Crippen molar-refractivity contribution >= 4 is 5.78 Å². The molecule has 1 heterocycles. The molecule has 1 atom stereocenters. The van der Waals surface area contributed by atoms with Crippen molar-refractivity contribution in [3.05, 3.63) is 35.6 Å². The first-order chi connectivity index (χ1) is 8.18. The lowest BCUT2D eigenvalue weighted by Gasteiger charge is -2.35. The van der Waals surface area contributed by atoms with Gasteiger partial charge < -0.3 is 5.32 Å². The minimum Gasteiger partial charge on any atom is -0.316 e.